The van der Waals surface area contributed by atoms with Crippen molar-refractivity contribution in [1.29, 1.82) is 5.26 Å². The molecule has 1 saturated carbocycles. The van der Waals surface area contributed by atoms with Crippen LogP contribution in [0.2, 0.25) is 0 Å². The molecule has 72 valence electrons. The summed E-state index contributed by atoms with van der Waals surface area (Å²) in [7, 11) is 0. The molecule has 1 rings (SSSR count). The van der Waals surface area contributed by atoms with Gasteiger partial charge in [-0.2, -0.15) is 5.26 Å². The van der Waals surface area contributed by atoms with Gasteiger partial charge < -0.3 is 0 Å². The van der Waals surface area contributed by atoms with E-state index in [4.69, 9.17) is 5.26 Å². The highest BCUT2D eigenvalue weighted by Gasteiger charge is 2.18. The monoisotopic (exact) mass is 177 g/mol. The molecule has 1 aliphatic carbocycles. The Balaban J connectivity index is 2.23. The molecule has 0 aromatic carbocycles. The van der Waals surface area contributed by atoms with Crippen molar-refractivity contribution in [2.24, 2.45) is 11.8 Å². The maximum Gasteiger partial charge on any atom is 0.0908 e. The van der Waals surface area contributed by atoms with Crippen LogP contribution in [-0.4, -0.2) is 0 Å². The molecule has 0 unspecified atom stereocenters. The summed E-state index contributed by atoms with van der Waals surface area (Å²) in [5.74, 6) is 1.66. The SMILES string of the molecule is CCCC1CCC(/C=C/C#N)CC1. The van der Waals surface area contributed by atoms with E-state index in [-0.39, 0.29) is 0 Å². The molecule has 0 aromatic rings. The zero-order valence-corrected chi connectivity index (χ0v) is 8.50. The summed E-state index contributed by atoms with van der Waals surface area (Å²) < 4.78 is 0. The third-order valence-electron chi connectivity index (χ3n) is 3.03. The Kier molecular flexibility index (Phi) is 4.60. The van der Waals surface area contributed by atoms with Crippen LogP contribution in [0.4, 0.5) is 0 Å². The fourth-order valence-electron chi connectivity index (χ4n) is 2.26. The largest absolute Gasteiger partial charge is 0.193 e. The molecule has 1 fully saturated rings. The molecule has 13 heavy (non-hydrogen) atoms. The molecule has 0 aromatic heterocycles. The van der Waals surface area contributed by atoms with Gasteiger partial charge in [-0.1, -0.05) is 25.8 Å². The zero-order chi connectivity index (χ0) is 9.52. The number of nitriles is 1. The highest BCUT2D eigenvalue weighted by Crippen LogP contribution is 2.31. The average Bonchev–Trinajstić information content (AvgIpc) is 2.17. The molecule has 0 aliphatic heterocycles. The smallest absolute Gasteiger partial charge is 0.0908 e. The second-order valence-electron chi connectivity index (χ2n) is 4.06. The minimum atomic E-state index is 0.688. The molecule has 0 bridgehead atoms. The van der Waals surface area contributed by atoms with Gasteiger partial charge in [-0.15, -0.1) is 0 Å². The number of nitrogens with zero attached hydrogens (tertiary/aromatic N) is 1. The third-order valence-corrected chi connectivity index (χ3v) is 3.03. The molecule has 0 N–H and O–H groups in total. The normalized spacial score (nSPS) is 28.9. The fraction of sp³-hybridized carbons (Fsp3) is 0.750. The molecular formula is C12H19N. The first-order valence-electron chi connectivity index (χ1n) is 5.43. The summed E-state index contributed by atoms with van der Waals surface area (Å²) in [6, 6.07) is 2.07. The van der Waals surface area contributed by atoms with Crippen LogP contribution in [0.1, 0.15) is 45.4 Å². The van der Waals surface area contributed by atoms with Crippen LogP contribution in [-0.2, 0) is 0 Å². The third kappa shape index (κ3) is 3.63. The molecule has 0 spiro atoms. The van der Waals surface area contributed by atoms with Crippen LogP contribution in [0.25, 0.3) is 0 Å². The molecule has 1 nitrogen and oxygen atoms in total. The van der Waals surface area contributed by atoms with E-state index in [1.807, 2.05) is 0 Å². The van der Waals surface area contributed by atoms with Crippen molar-refractivity contribution in [3.63, 3.8) is 0 Å². The van der Waals surface area contributed by atoms with E-state index in [0.29, 0.717) is 5.92 Å². The summed E-state index contributed by atoms with van der Waals surface area (Å²) in [5.41, 5.74) is 0. The van der Waals surface area contributed by atoms with Gasteiger partial charge in [-0.05, 0) is 37.5 Å². The summed E-state index contributed by atoms with van der Waals surface area (Å²) in [6.07, 6.45) is 11.8. The first-order chi connectivity index (χ1) is 6.36. The quantitative estimate of drug-likeness (QED) is 0.603. The fourth-order valence-corrected chi connectivity index (χ4v) is 2.26. The minimum Gasteiger partial charge on any atom is -0.193 e. The predicted molar refractivity (Wildman–Crippen MR) is 55.1 cm³/mol. The van der Waals surface area contributed by atoms with Crippen molar-refractivity contribution in [3.05, 3.63) is 12.2 Å². The van der Waals surface area contributed by atoms with E-state index in [0.717, 1.165) is 5.92 Å². The van der Waals surface area contributed by atoms with Gasteiger partial charge in [0.05, 0.1) is 6.07 Å². The molecule has 1 aliphatic rings. The number of hydrogen-bond acceptors (Lipinski definition) is 1. The van der Waals surface area contributed by atoms with Crippen LogP contribution in [0.5, 0.6) is 0 Å². The molecule has 0 radical (unpaired) electrons. The Morgan fingerprint density at radius 2 is 2.00 bits per heavy atom. The van der Waals surface area contributed by atoms with E-state index < -0.39 is 0 Å². The first-order valence-corrected chi connectivity index (χ1v) is 5.43. The summed E-state index contributed by atoms with van der Waals surface area (Å²) in [6.45, 7) is 2.27. The van der Waals surface area contributed by atoms with E-state index in [1.165, 1.54) is 38.5 Å². The molecule has 0 amide bonds. The number of hydrogen-bond donors (Lipinski definition) is 0. The first kappa shape index (κ1) is 10.3. The zero-order valence-electron chi connectivity index (χ0n) is 8.50. The Labute approximate surface area is 81.5 Å². The van der Waals surface area contributed by atoms with E-state index in [2.05, 4.69) is 19.1 Å². The predicted octanol–water partition coefficient (Wildman–Crippen LogP) is 3.67. The Hall–Kier alpha value is -0.770. The highest BCUT2D eigenvalue weighted by atomic mass is 14.2. The second-order valence-corrected chi connectivity index (χ2v) is 4.06. The van der Waals surface area contributed by atoms with Gasteiger partial charge in [0.2, 0.25) is 0 Å². The van der Waals surface area contributed by atoms with E-state index in [1.54, 1.807) is 6.08 Å². The van der Waals surface area contributed by atoms with Gasteiger partial charge in [0.15, 0.2) is 0 Å². The summed E-state index contributed by atoms with van der Waals surface area (Å²) in [5, 5.41) is 8.40. The molecule has 0 saturated heterocycles. The number of allylic oxidation sites excluding steroid dienone is 2. The molecule has 1 heteroatoms. The average molecular weight is 177 g/mol. The lowest BCUT2D eigenvalue weighted by molar-refractivity contribution is 0.294. The van der Waals surface area contributed by atoms with Crippen LogP contribution in [0.15, 0.2) is 12.2 Å². The Bertz CT molecular complexity index is 192. The van der Waals surface area contributed by atoms with Gasteiger partial charge in [-0.3, -0.25) is 0 Å². The van der Waals surface area contributed by atoms with Gasteiger partial charge in [0.25, 0.3) is 0 Å². The number of rotatable bonds is 3. The van der Waals surface area contributed by atoms with Crippen molar-refractivity contribution >= 4 is 0 Å². The van der Waals surface area contributed by atoms with Crippen molar-refractivity contribution in [2.45, 2.75) is 45.4 Å². The van der Waals surface area contributed by atoms with Crippen molar-refractivity contribution in [2.75, 3.05) is 0 Å². The summed E-state index contributed by atoms with van der Waals surface area (Å²) in [4.78, 5) is 0. The standard InChI is InChI=1S/C12H19N/c1-2-4-11-6-8-12(9-7-11)5-3-10-13/h3,5,11-12H,2,4,6-9H2,1H3/b5-3+. The minimum absolute atomic E-state index is 0.688. The van der Waals surface area contributed by atoms with E-state index >= 15 is 0 Å². The van der Waals surface area contributed by atoms with E-state index in [9.17, 15) is 0 Å². The lowest BCUT2D eigenvalue weighted by Crippen LogP contribution is -2.12. The van der Waals surface area contributed by atoms with Gasteiger partial charge in [0.1, 0.15) is 0 Å². The topological polar surface area (TPSA) is 23.8 Å². The molecule has 0 atom stereocenters. The summed E-state index contributed by atoms with van der Waals surface area (Å²) >= 11 is 0. The van der Waals surface area contributed by atoms with Crippen molar-refractivity contribution < 1.29 is 0 Å². The highest BCUT2D eigenvalue weighted by molar-refractivity contribution is 5.04. The van der Waals surface area contributed by atoms with Crippen LogP contribution >= 0.6 is 0 Å². The lowest BCUT2D eigenvalue weighted by atomic mass is 9.80. The van der Waals surface area contributed by atoms with Crippen molar-refractivity contribution in [1.82, 2.24) is 0 Å². The molecular weight excluding hydrogens is 158 g/mol. The van der Waals surface area contributed by atoms with Crippen molar-refractivity contribution in [3.8, 4) is 6.07 Å². The van der Waals surface area contributed by atoms with Gasteiger partial charge in [0, 0.05) is 6.08 Å². The van der Waals surface area contributed by atoms with Gasteiger partial charge in [-0.25, -0.2) is 0 Å². The lowest BCUT2D eigenvalue weighted by Gasteiger charge is -2.26. The molecule has 0 heterocycles. The van der Waals surface area contributed by atoms with Crippen LogP contribution in [0.3, 0.4) is 0 Å². The maximum atomic E-state index is 8.40. The second kappa shape index (κ2) is 5.80. The Morgan fingerprint density at radius 3 is 2.54 bits per heavy atom. The van der Waals surface area contributed by atoms with Gasteiger partial charge >= 0.3 is 0 Å². The van der Waals surface area contributed by atoms with Crippen LogP contribution in [0, 0.1) is 23.2 Å². The van der Waals surface area contributed by atoms with Crippen LogP contribution < -0.4 is 0 Å². The Morgan fingerprint density at radius 1 is 1.31 bits per heavy atom. The maximum absolute atomic E-state index is 8.40.